The molecule has 2 N–H and O–H groups in total. The number of hydrogen-bond acceptors (Lipinski definition) is 9. The summed E-state index contributed by atoms with van der Waals surface area (Å²) in [6.45, 7) is 14.2. The average Bonchev–Trinajstić information content (AvgIpc) is 2.75. The quantitative estimate of drug-likeness (QED) is 0.382. The summed E-state index contributed by atoms with van der Waals surface area (Å²) in [6.07, 6.45) is -1.19. The number of Topliss-reactive ketones (excluding diaryl/α,β-unsaturated/α-hetero) is 1. The van der Waals surface area contributed by atoms with Crippen LogP contribution in [0.15, 0.2) is 12.7 Å². The fourth-order valence-electron chi connectivity index (χ4n) is 7.27. The van der Waals surface area contributed by atoms with Gasteiger partial charge in [-0.1, -0.05) is 26.8 Å². The first-order chi connectivity index (χ1) is 16.4. The van der Waals surface area contributed by atoms with Crippen molar-refractivity contribution in [3.8, 4) is 0 Å². The Hall–Kier alpha value is -1.52. The Morgan fingerprint density at radius 3 is 2.30 bits per heavy atom. The van der Waals surface area contributed by atoms with Gasteiger partial charge in [-0.2, -0.15) is 0 Å². The van der Waals surface area contributed by atoms with Crippen LogP contribution in [0.4, 0.5) is 0 Å². The molecule has 2 aliphatic carbocycles. The molecule has 9 nitrogen and oxygen atoms in total. The highest BCUT2D eigenvalue weighted by molar-refractivity contribution is 5.92. The van der Waals surface area contributed by atoms with Crippen LogP contribution in [0.1, 0.15) is 67.2 Å². The average molecular weight is 546 g/mol. The number of esters is 2. The predicted molar refractivity (Wildman–Crippen MR) is 139 cm³/mol. The number of hydrogen-bond donors (Lipinski definition) is 2. The smallest absolute Gasteiger partial charge is 0.307 e. The molecule has 3 rings (SSSR count). The summed E-state index contributed by atoms with van der Waals surface area (Å²) in [5.74, 6) is -2.43. The van der Waals surface area contributed by atoms with Crippen LogP contribution in [0.5, 0.6) is 0 Å². The van der Waals surface area contributed by atoms with Gasteiger partial charge in [0.1, 0.15) is 11.7 Å². The van der Waals surface area contributed by atoms with Gasteiger partial charge in [0.15, 0.2) is 17.5 Å². The van der Waals surface area contributed by atoms with Gasteiger partial charge in [0.25, 0.3) is 0 Å². The van der Waals surface area contributed by atoms with Gasteiger partial charge in [-0.3, -0.25) is 14.4 Å². The van der Waals surface area contributed by atoms with Crippen LogP contribution in [0.3, 0.4) is 0 Å². The zero-order valence-corrected chi connectivity index (χ0v) is 24.1. The van der Waals surface area contributed by atoms with E-state index in [-0.39, 0.29) is 25.2 Å². The lowest BCUT2D eigenvalue weighted by molar-refractivity contribution is -0.371. The van der Waals surface area contributed by atoms with Crippen LogP contribution in [0.25, 0.3) is 0 Å². The molecule has 212 valence electrons. The standard InChI is InChI=1S/C27H43NO8.ClH/c1-10-24(5)15-18(31)27(33)25(6)17(30)11-13-23(3,4)21(25)20(35-19(32)12-14-28(8)9)22(34-16(2)29)26(27,7)36-24;/h10,17,20-22,30,33H,1,11-15H2,2-9H3;1H/t17-,20-,21-,22-,24-,25-,26+,27?;/m0./s1. The molecule has 0 aromatic rings. The number of ketones is 1. The molecule has 0 radical (unpaired) electrons. The third-order valence-electron chi connectivity index (χ3n) is 9.03. The largest absolute Gasteiger partial charge is 0.458 e. The molecule has 0 aromatic carbocycles. The Labute approximate surface area is 226 Å². The Morgan fingerprint density at radius 1 is 1.19 bits per heavy atom. The molecule has 0 spiro atoms. The molecule has 2 saturated carbocycles. The SMILES string of the molecule is C=C[C@@]1(C)CC(=O)C2(O)[C@@]3(C)[C@@H](O)CCC(C)(C)[C@@H]3[C@H](OC(=O)CCN(C)C)[C@H](OC(C)=O)[C@@]2(C)O1.Cl. The summed E-state index contributed by atoms with van der Waals surface area (Å²) in [5.41, 5.74) is -7.31. The summed E-state index contributed by atoms with van der Waals surface area (Å²) in [5, 5.41) is 24.0. The summed E-state index contributed by atoms with van der Waals surface area (Å²) in [4.78, 5) is 41.3. The lowest BCUT2D eigenvalue weighted by Crippen LogP contribution is -2.87. The monoisotopic (exact) mass is 545 g/mol. The fraction of sp³-hybridized carbons (Fsp3) is 0.815. The van der Waals surface area contributed by atoms with Crippen LogP contribution >= 0.6 is 12.4 Å². The highest BCUT2D eigenvalue weighted by Gasteiger charge is 2.82. The maximum Gasteiger partial charge on any atom is 0.307 e. The number of halogens is 1. The highest BCUT2D eigenvalue weighted by atomic mass is 35.5. The molecule has 37 heavy (non-hydrogen) atoms. The second-order valence-corrected chi connectivity index (χ2v) is 12.4. The van der Waals surface area contributed by atoms with E-state index < -0.39 is 69.6 Å². The lowest BCUT2D eigenvalue weighted by atomic mass is 9.39. The number of carbonyl (C=O) groups excluding carboxylic acids is 3. The molecule has 3 aliphatic rings. The summed E-state index contributed by atoms with van der Waals surface area (Å²) in [6, 6.07) is 0. The first-order valence-corrected chi connectivity index (χ1v) is 12.7. The van der Waals surface area contributed by atoms with E-state index in [0.717, 1.165) is 0 Å². The lowest BCUT2D eigenvalue weighted by Gasteiger charge is -2.71. The van der Waals surface area contributed by atoms with Gasteiger partial charge >= 0.3 is 11.9 Å². The van der Waals surface area contributed by atoms with Crippen LogP contribution < -0.4 is 0 Å². The molecular formula is C27H44ClNO8. The Bertz CT molecular complexity index is 939. The van der Waals surface area contributed by atoms with Crippen molar-refractivity contribution in [3.63, 3.8) is 0 Å². The van der Waals surface area contributed by atoms with Crippen molar-refractivity contribution < 1.29 is 38.8 Å². The van der Waals surface area contributed by atoms with Crippen LogP contribution in [0, 0.1) is 16.7 Å². The number of fused-ring (bicyclic) bond motifs is 3. The maximum absolute atomic E-state index is 13.9. The second kappa shape index (κ2) is 10.2. The topological polar surface area (TPSA) is 123 Å². The number of ether oxygens (including phenoxy) is 3. The van der Waals surface area contributed by atoms with E-state index in [1.54, 1.807) is 13.8 Å². The van der Waals surface area contributed by atoms with Gasteiger partial charge in [0.2, 0.25) is 0 Å². The number of aliphatic hydroxyl groups excluding tert-OH is 1. The van der Waals surface area contributed by atoms with Gasteiger partial charge in [-0.05, 0) is 46.2 Å². The number of rotatable bonds is 6. The summed E-state index contributed by atoms with van der Waals surface area (Å²) < 4.78 is 18.4. The van der Waals surface area contributed by atoms with Crippen molar-refractivity contribution >= 4 is 30.1 Å². The zero-order valence-electron chi connectivity index (χ0n) is 23.3. The fourth-order valence-corrected chi connectivity index (χ4v) is 7.27. The first-order valence-electron chi connectivity index (χ1n) is 12.7. The van der Waals surface area contributed by atoms with E-state index in [0.29, 0.717) is 19.4 Å². The van der Waals surface area contributed by atoms with Crippen LogP contribution in [0.2, 0.25) is 0 Å². The van der Waals surface area contributed by atoms with Crippen molar-refractivity contribution in [3.05, 3.63) is 12.7 Å². The van der Waals surface area contributed by atoms with E-state index in [2.05, 4.69) is 6.58 Å². The third kappa shape index (κ3) is 4.75. The molecule has 0 bridgehead atoms. The van der Waals surface area contributed by atoms with E-state index in [4.69, 9.17) is 14.2 Å². The van der Waals surface area contributed by atoms with E-state index in [9.17, 15) is 24.6 Å². The van der Waals surface area contributed by atoms with E-state index >= 15 is 0 Å². The molecule has 10 heteroatoms. The number of nitrogens with zero attached hydrogens (tertiary/aromatic N) is 1. The van der Waals surface area contributed by atoms with Crippen molar-refractivity contribution in [2.45, 2.75) is 102 Å². The summed E-state index contributed by atoms with van der Waals surface area (Å²) >= 11 is 0. The van der Waals surface area contributed by atoms with Crippen LogP contribution in [-0.4, -0.2) is 88.6 Å². The Kier molecular flexibility index (Phi) is 8.76. The van der Waals surface area contributed by atoms with Gasteiger partial charge in [-0.25, -0.2) is 0 Å². The molecular weight excluding hydrogens is 502 g/mol. The molecule has 1 saturated heterocycles. The van der Waals surface area contributed by atoms with Gasteiger partial charge in [0, 0.05) is 31.2 Å². The van der Waals surface area contributed by atoms with E-state index in [1.807, 2.05) is 32.8 Å². The Balaban J connectivity index is 0.00000481. The zero-order chi connectivity index (χ0) is 27.5. The predicted octanol–water partition coefficient (Wildman–Crippen LogP) is 2.44. The highest BCUT2D eigenvalue weighted by Crippen LogP contribution is 2.67. The molecule has 3 fully saturated rings. The molecule has 1 aliphatic heterocycles. The minimum absolute atomic E-state index is 0. The maximum atomic E-state index is 13.9. The van der Waals surface area contributed by atoms with Gasteiger partial charge < -0.3 is 29.3 Å². The van der Waals surface area contributed by atoms with E-state index in [1.165, 1.54) is 19.9 Å². The van der Waals surface area contributed by atoms with Crippen molar-refractivity contribution in [1.82, 2.24) is 4.90 Å². The molecule has 1 unspecified atom stereocenters. The van der Waals surface area contributed by atoms with Gasteiger partial charge in [-0.15, -0.1) is 19.0 Å². The summed E-state index contributed by atoms with van der Waals surface area (Å²) in [7, 11) is 3.68. The Morgan fingerprint density at radius 2 is 1.78 bits per heavy atom. The number of aliphatic hydroxyl groups is 2. The minimum Gasteiger partial charge on any atom is -0.458 e. The first kappa shape index (κ1) is 31.7. The third-order valence-corrected chi connectivity index (χ3v) is 9.03. The van der Waals surface area contributed by atoms with Crippen LogP contribution in [-0.2, 0) is 28.6 Å². The van der Waals surface area contributed by atoms with Crippen molar-refractivity contribution in [2.24, 2.45) is 16.7 Å². The normalized spacial score (nSPS) is 42.6. The molecule has 0 amide bonds. The molecule has 0 aromatic heterocycles. The molecule has 8 atom stereocenters. The van der Waals surface area contributed by atoms with Crippen molar-refractivity contribution in [2.75, 3.05) is 20.6 Å². The molecule has 1 heterocycles. The minimum atomic E-state index is -2.24. The second-order valence-electron chi connectivity index (χ2n) is 12.4. The van der Waals surface area contributed by atoms with Gasteiger partial charge in [0.05, 0.1) is 18.1 Å². The number of carbonyl (C=O) groups is 3. The van der Waals surface area contributed by atoms with Crippen molar-refractivity contribution in [1.29, 1.82) is 0 Å².